The first kappa shape index (κ1) is 15.6. The third-order valence-electron chi connectivity index (χ3n) is 5.59. The van der Waals surface area contributed by atoms with Gasteiger partial charge in [-0.15, -0.1) is 0 Å². The van der Waals surface area contributed by atoms with Crippen LogP contribution >= 0.6 is 0 Å². The number of aromatic amines is 1. The molecule has 2 aromatic rings. The summed E-state index contributed by atoms with van der Waals surface area (Å²) in [6.45, 7) is 5.03. The smallest absolute Gasteiger partial charge is 0.223 e. The van der Waals surface area contributed by atoms with E-state index in [0.29, 0.717) is 18.2 Å². The first-order valence-corrected chi connectivity index (χ1v) is 9.23. The molecule has 2 aromatic heterocycles. The topological polar surface area (TPSA) is 52.2 Å². The molecule has 2 aliphatic rings. The Balaban J connectivity index is 1.32. The van der Waals surface area contributed by atoms with Crippen LogP contribution in [-0.4, -0.2) is 58.4 Å². The average molecular weight is 326 g/mol. The molecular weight excluding hydrogens is 300 g/mol. The summed E-state index contributed by atoms with van der Waals surface area (Å²) in [4.78, 5) is 24.8. The molecule has 0 spiro atoms. The highest BCUT2D eigenvalue weighted by Gasteiger charge is 2.26. The van der Waals surface area contributed by atoms with Gasteiger partial charge >= 0.3 is 0 Å². The average Bonchev–Trinajstić information content (AvgIpc) is 3.29. The molecule has 0 unspecified atom stereocenters. The Bertz CT molecular complexity index is 696. The standard InChI is InChI=1S/C19H26N4O/c24-18(7-11-22-9-1-2-10-22)23-12-5-15(6-13-23)16-14-21-17-4-3-8-20-19(16)17/h3-4,8,14-15,21H,1-2,5-7,9-13H2. The van der Waals surface area contributed by atoms with Gasteiger partial charge in [-0.05, 0) is 62.4 Å². The Morgan fingerprint density at radius 1 is 1.21 bits per heavy atom. The summed E-state index contributed by atoms with van der Waals surface area (Å²) in [7, 11) is 0. The van der Waals surface area contributed by atoms with Gasteiger partial charge in [-0.3, -0.25) is 9.78 Å². The van der Waals surface area contributed by atoms with Gasteiger partial charge in [-0.1, -0.05) is 0 Å². The molecular formula is C19H26N4O. The van der Waals surface area contributed by atoms with E-state index in [1.165, 1.54) is 31.5 Å². The molecule has 24 heavy (non-hydrogen) atoms. The quantitative estimate of drug-likeness (QED) is 0.940. The number of nitrogens with one attached hydrogen (secondary N) is 1. The maximum atomic E-state index is 12.4. The van der Waals surface area contributed by atoms with Gasteiger partial charge in [-0.2, -0.15) is 0 Å². The molecule has 4 rings (SSSR count). The minimum absolute atomic E-state index is 0.331. The fourth-order valence-electron chi connectivity index (χ4n) is 4.14. The van der Waals surface area contributed by atoms with Crippen molar-refractivity contribution in [1.82, 2.24) is 19.8 Å². The van der Waals surface area contributed by atoms with Crippen LogP contribution in [0.1, 0.15) is 43.6 Å². The van der Waals surface area contributed by atoms with Crippen LogP contribution in [0.2, 0.25) is 0 Å². The number of nitrogens with zero attached hydrogens (tertiary/aromatic N) is 3. The van der Waals surface area contributed by atoms with Crippen molar-refractivity contribution in [2.75, 3.05) is 32.7 Å². The number of carbonyl (C=O) groups is 1. The third kappa shape index (κ3) is 3.18. The van der Waals surface area contributed by atoms with E-state index < -0.39 is 0 Å². The predicted molar refractivity (Wildman–Crippen MR) is 94.9 cm³/mol. The Labute approximate surface area is 143 Å². The van der Waals surface area contributed by atoms with Gasteiger partial charge in [0.1, 0.15) is 0 Å². The molecule has 0 aromatic carbocycles. The van der Waals surface area contributed by atoms with E-state index in [2.05, 4.69) is 32.0 Å². The van der Waals surface area contributed by atoms with Crippen molar-refractivity contribution in [3.8, 4) is 0 Å². The van der Waals surface area contributed by atoms with Gasteiger partial charge in [0.25, 0.3) is 0 Å². The fraction of sp³-hybridized carbons (Fsp3) is 0.579. The van der Waals surface area contributed by atoms with Crippen molar-refractivity contribution in [1.29, 1.82) is 0 Å². The largest absolute Gasteiger partial charge is 0.360 e. The minimum Gasteiger partial charge on any atom is -0.360 e. The molecule has 0 radical (unpaired) electrons. The third-order valence-corrected chi connectivity index (χ3v) is 5.59. The Hall–Kier alpha value is -1.88. The number of amides is 1. The van der Waals surface area contributed by atoms with E-state index >= 15 is 0 Å². The number of rotatable bonds is 4. The second kappa shape index (κ2) is 6.93. The SMILES string of the molecule is O=C(CCN1CCCC1)N1CCC(c2c[nH]c3cccnc23)CC1. The number of piperidine rings is 1. The molecule has 1 amide bonds. The number of H-pyrrole nitrogens is 1. The first-order valence-electron chi connectivity index (χ1n) is 9.23. The lowest BCUT2D eigenvalue weighted by atomic mass is 9.90. The highest BCUT2D eigenvalue weighted by atomic mass is 16.2. The van der Waals surface area contributed by atoms with Gasteiger partial charge in [0.2, 0.25) is 5.91 Å². The minimum atomic E-state index is 0.331. The van der Waals surface area contributed by atoms with Crippen molar-refractivity contribution in [2.24, 2.45) is 0 Å². The molecule has 0 saturated carbocycles. The van der Waals surface area contributed by atoms with Crippen LogP contribution in [0.15, 0.2) is 24.5 Å². The summed E-state index contributed by atoms with van der Waals surface area (Å²) >= 11 is 0. The molecule has 2 fully saturated rings. The van der Waals surface area contributed by atoms with Crippen LogP contribution in [0.4, 0.5) is 0 Å². The highest BCUT2D eigenvalue weighted by molar-refractivity contribution is 5.79. The monoisotopic (exact) mass is 326 g/mol. The number of aromatic nitrogens is 2. The number of likely N-dealkylation sites (tertiary alicyclic amines) is 2. The van der Waals surface area contributed by atoms with Crippen LogP contribution < -0.4 is 0 Å². The lowest BCUT2D eigenvalue weighted by molar-refractivity contribution is -0.132. The molecule has 0 bridgehead atoms. The Morgan fingerprint density at radius 2 is 2.00 bits per heavy atom. The zero-order valence-corrected chi connectivity index (χ0v) is 14.2. The maximum Gasteiger partial charge on any atom is 0.223 e. The number of carbonyl (C=O) groups excluding carboxylic acids is 1. The van der Waals surface area contributed by atoms with Crippen molar-refractivity contribution in [3.63, 3.8) is 0 Å². The molecule has 5 nitrogen and oxygen atoms in total. The van der Waals surface area contributed by atoms with E-state index in [0.717, 1.165) is 43.5 Å². The summed E-state index contributed by atoms with van der Waals surface area (Å²) in [5, 5.41) is 0. The molecule has 0 atom stereocenters. The first-order chi connectivity index (χ1) is 11.8. The van der Waals surface area contributed by atoms with Crippen LogP contribution in [-0.2, 0) is 4.79 Å². The lowest BCUT2D eigenvalue weighted by Crippen LogP contribution is -2.39. The zero-order chi connectivity index (χ0) is 16.4. The van der Waals surface area contributed by atoms with Crippen LogP contribution in [0.5, 0.6) is 0 Å². The van der Waals surface area contributed by atoms with E-state index in [4.69, 9.17) is 0 Å². The lowest BCUT2D eigenvalue weighted by Gasteiger charge is -2.32. The molecule has 128 valence electrons. The Morgan fingerprint density at radius 3 is 2.79 bits per heavy atom. The fourth-order valence-corrected chi connectivity index (χ4v) is 4.14. The molecule has 2 saturated heterocycles. The summed E-state index contributed by atoms with van der Waals surface area (Å²) in [5.41, 5.74) is 3.52. The molecule has 1 N–H and O–H groups in total. The number of fused-ring (bicyclic) bond motifs is 1. The van der Waals surface area contributed by atoms with E-state index in [-0.39, 0.29) is 0 Å². The number of pyridine rings is 1. The van der Waals surface area contributed by atoms with Gasteiger partial charge in [-0.25, -0.2) is 0 Å². The molecule has 2 aliphatic heterocycles. The van der Waals surface area contributed by atoms with Crippen LogP contribution in [0.3, 0.4) is 0 Å². The summed E-state index contributed by atoms with van der Waals surface area (Å²) in [6, 6.07) is 4.03. The summed E-state index contributed by atoms with van der Waals surface area (Å²) < 4.78 is 0. The number of hydrogen-bond acceptors (Lipinski definition) is 3. The van der Waals surface area contributed by atoms with Gasteiger partial charge in [0, 0.05) is 38.4 Å². The maximum absolute atomic E-state index is 12.4. The van der Waals surface area contributed by atoms with E-state index in [1.807, 2.05) is 12.3 Å². The molecule has 0 aliphatic carbocycles. The molecule has 5 heteroatoms. The number of hydrogen-bond donors (Lipinski definition) is 1. The molecule has 4 heterocycles. The van der Waals surface area contributed by atoms with Crippen molar-refractivity contribution in [3.05, 3.63) is 30.1 Å². The van der Waals surface area contributed by atoms with Crippen LogP contribution in [0, 0.1) is 0 Å². The van der Waals surface area contributed by atoms with Crippen molar-refractivity contribution < 1.29 is 4.79 Å². The van der Waals surface area contributed by atoms with Crippen molar-refractivity contribution >= 4 is 16.9 Å². The van der Waals surface area contributed by atoms with Gasteiger partial charge in [0.15, 0.2) is 0 Å². The predicted octanol–water partition coefficient (Wildman–Crippen LogP) is 2.75. The van der Waals surface area contributed by atoms with E-state index in [9.17, 15) is 4.79 Å². The van der Waals surface area contributed by atoms with Crippen LogP contribution in [0.25, 0.3) is 11.0 Å². The second-order valence-electron chi connectivity index (χ2n) is 7.10. The Kier molecular flexibility index (Phi) is 4.52. The van der Waals surface area contributed by atoms with Crippen molar-refractivity contribution in [2.45, 2.75) is 38.0 Å². The van der Waals surface area contributed by atoms with Gasteiger partial charge < -0.3 is 14.8 Å². The van der Waals surface area contributed by atoms with E-state index in [1.54, 1.807) is 0 Å². The summed E-state index contributed by atoms with van der Waals surface area (Å²) in [5.74, 6) is 0.841. The summed E-state index contributed by atoms with van der Waals surface area (Å²) in [6.07, 6.45) is 9.30. The highest BCUT2D eigenvalue weighted by Crippen LogP contribution is 2.32. The normalized spacial score (nSPS) is 20.1. The zero-order valence-electron chi connectivity index (χ0n) is 14.2. The second-order valence-corrected chi connectivity index (χ2v) is 7.10. The van der Waals surface area contributed by atoms with Gasteiger partial charge in [0.05, 0.1) is 11.0 Å².